The molecule has 0 saturated heterocycles. The van der Waals surface area contributed by atoms with Crippen LogP contribution < -0.4 is 11.5 Å². The van der Waals surface area contributed by atoms with Crippen LogP contribution in [-0.4, -0.2) is 16.3 Å². The van der Waals surface area contributed by atoms with Gasteiger partial charge in [0.25, 0.3) is 0 Å². The molecule has 0 aliphatic carbocycles. The minimum absolute atomic E-state index is 0. The number of hydrogen-bond acceptors (Lipinski definition) is 3. The first kappa shape index (κ1) is 15.0. The van der Waals surface area contributed by atoms with Gasteiger partial charge in [0, 0.05) is 18.8 Å². The zero-order valence-corrected chi connectivity index (χ0v) is 9.20. The van der Waals surface area contributed by atoms with Crippen molar-refractivity contribution >= 4 is 30.6 Å². The molecule has 78 valence electrons. The Morgan fingerprint density at radius 3 is 2.46 bits per heavy atom. The lowest BCUT2D eigenvalue weighted by molar-refractivity contribution is 0.768. The van der Waals surface area contributed by atoms with E-state index in [1.165, 1.54) is 0 Å². The molecule has 4 N–H and O–H groups in total. The Morgan fingerprint density at radius 1 is 1.46 bits per heavy atom. The summed E-state index contributed by atoms with van der Waals surface area (Å²) in [6, 6.07) is 0. The second kappa shape index (κ2) is 7.00. The van der Waals surface area contributed by atoms with Crippen LogP contribution in [0, 0.1) is 0 Å². The zero-order chi connectivity index (χ0) is 8.27. The first-order valence-corrected chi connectivity index (χ1v) is 3.72. The van der Waals surface area contributed by atoms with E-state index in [1.807, 2.05) is 13.2 Å². The van der Waals surface area contributed by atoms with Crippen LogP contribution in [0.4, 0.5) is 5.82 Å². The molecule has 13 heavy (non-hydrogen) atoms. The Balaban J connectivity index is 0. The monoisotopic (exact) mass is 226 g/mol. The van der Waals surface area contributed by atoms with E-state index >= 15 is 0 Å². The largest absolute Gasteiger partial charge is 0.382 e. The number of nitrogen functional groups attached to an aromatic ring is 1. The average Bonchev–Trinajstić information content (AvgIpc) is 2.26. The molecule has 4 nitrogen and oxygen atoms in total. The lowest BCUT2D eigenvalue weighted by Gasteiger charge is -1.93. The SMILES string of the molecule is Cl.Cl.Cn1cc(CCCN)c(N)n1. The molecule has 1 rings (SSSR count). The van der Waals surface area contributed by atoms with Crippen molar-refractivity contribution in [2.75, 3.05) is 12.3 Å². The maximum atomic E-state index is 5.61. The highest BCUT2D eigenvalue weighted by Crippen LogP contribution is 2.09. The van der Waals surface area contributed by atoms with Crippen molar-refractivity contribution in [3.8, 4) is 0 Å². The predicted octanol–water partition coefficient (Wildman–Crippen LogP) is 0.737. The zero-order valence-electron chi connectivity index (χ0n) is 7.56. The normalized spacial score (nSPS) is 8.77. The molecule has 1 heterocycles. The van der Waals surface area contributed by atoms with Crippen LogP contribution in [0.3, 0.4) is 0 Å². The molecule has 0 atom stereocenters. The van der Waals surface area contributed by atoms with Crippen molar-refractivity contribution in [2.24, 2.45) is 12.8 Å². The van der Waals surface area contributed by atoms with Gasteiger partial charge in [-0.1, -0.05) is 0 Å². The Hall–Kier alpha value is -0.450. The van der Waals surface area contributed by atoms with Gasteiger partial charge >= 0.3 is 0 Å². The third kappa shape index (κ3) is 4.36. The fourth-order valence-electron chi connectivity index (χ4n) is 1.04. The Bertz CT molecular complexity index is 236. The molecule has 1 aromatic rings. The number of nitrogens with zero attached hydrogens (tertiary/aromatic N) is 2. The minimum atomic E-state index is 0. The number of anilines is 1. The van der Waals surface area contributed by atoms with Crippen molar-refractivity contribution in [1.82, 2.24) is 9.78 Å². The van der Waals surface area contributed by atoms with Gasteiger partial charge in [0.2, 0.25) is 0 Å². The standard InChI is InChI=1S/C7H14N4.2ClH/c1-11-5-6(3-2-4-8)7(9)10-11;;/h5H,2-4,8H2,1H3,(H2,9,10);2*1H. The van der Waals surface area contributed by atoms with Gasteiger partial charge in [0.15, 0.2) is 0 Å². The maximum Gasteiger partial charge on any atom is 0.148 e. The summed E-state index contributed by atoms with van der Waals surface area (Å²) < 4.78 is 1.72. The molecule has 0 aromatic carbocycles. The number of hydrogen-bond donors (Lipinski definition) is 2. The van der Waals surface area contributed by atoms with E-state index in [4.69, 9.17) is 11.5 Å². The molecule has 0 radical (unpaired) electrons. The smallest absolute Gasteiger partial charge is 0.148 e. The summed E-state index contributed by atoms with van der Waals surface area (Å²) >= 11 is 0. The average molecular weight is 227 g/mol. The van der Waals surface area contributed by atoms with Gasteiger partial charge in [-0.3, -0.25) is 4.68 Å². The summed E-state index contributed by atoms with van der Waals surface area (Å²) in [5.41, 5.74) is 12.1. The molecule has 0 bridgehead atoms. The second-order valence-electron chi connectivity index (χ2n) is 2.61. The van der Waals surface area contributed by atoms with Crippen LogP contribution in [0.5, 0.6) is 0 Å². The summed E-state index contributed by atoms with van der Waals surface area (Å²) in [7, 11) is 1.86. The first-order valence-electron chi connectivity index (χ1n) is 3.72. The molecule has 0 amide bonds. The fourth-order valence-corrected chi connectivity index (χ4v) is 1.04. The van der Waals surface area contributed by atoms with Crippen molar-refractivity contribution in [1.29, 1.82) is 0 Å². The summed E-state index contributed by atoms with van der Waals surface area (Å²) in [4.78, 5) is 0. The highest BCUT2D eigenvalue weighted by atomic mass is 35.5. The Kier molecular flexibility index (Phi) is 8.10. The van der Waals surface area contributed by atoms with Gasteiger partial charge in [0.05, 0.1) is 0 Å². The number of rotatable bonds is 3. The van der Waals surface area contributed by atoms with E-state index < -0.39 is 0 Å². The number of aryl methyl sites for hydroxylation is 2. The molecule has 0 unspecified atom stereocenters. The second-order valence-corrected chi connectivity index (χ2v) is 2.61. The first-order chi connectivity index (χ1) is 5.24. The van der Waals surface area contributed by atoms with E-state index in [-0.39, 0.29) is 24.8 Å². The molecule has 1 aromatic heterocycles. The summed E-state index contributed by atoms with van der Waals surface area (Å²) in [5.74, 6) is 0.626. The number of aromatic nitrogens is 2. The quantitative estimate of drug-likeness (QED) is 0.799. The fraction of sp³-hybridized carbons (Fsp3) is 0.571. The Labute approximate surface area is 90.5 Å². The van der Waals surface area contributed by atoms with Crippen LogP contribution in [0.25, 0.3) is 0 Å². The number of nitrogens with two attached hydrogens (primary N) is 2. The maximum absolute atomic E-state index is 5.61. The van der Waals surface area contributed by atoms with Gasteiger partial charge in [0.1, 0.15) is 5.82 Å². The van der Waals surface area contributed by atoms with Crippen LogP contribution in [0.15, 0.2) is 6.20 Å². The molecule has 0 fully saturated rings. The predicted molar refractivity (Wildman–Crippen MR) is 59.5 cm³/mol. The van der Waals surface area contributed by atoms with Crippen LogP contribution in [0.2, 0.25) is 0 Å². The highest BCUT2D eigenvalue weighted by molar-refractivity contribution is 5.85. The van der Waals surface area contributed by atoms with E-state index in [0.717, 1.165) is 18.4 Å². The van der Waals surface area contributed by atoms with E-state index in [2.05, 4.69) is 5.10 Å². The third-order valence-electron chi connectivity index (χ3n) is 1.59. The van der Waals surface area contributed by atoms with Crippen LogP contribution >= 0.6 is 24.8 Å². The summed E-state index contributed by atoms with van der Waals surface area (Å²) in [6.07, 6.45) is 3.83. The van der Waals surface area contributed by atoms with Gasteiger partial charge in [-0.25, -0.2) is 0 Å². The third-order valence-corrected chi connectivity index (χ3v) is 1.59. The highest BCUT2D eigenvalue weighted by Gasteiger charge is 2.01. The lowest BCUT2D eigenvalue weighted by Crippen LogP contribution is -2.01. The summed E-state index contributed by atoms with van der Waals surface area (Å²) in [6.45, 7) is 0.703. The molecule has 0 aliphatic rings. The molecular formula is C7H16Cl2N4. The molecule has 0 aliphatic heterocycles. The van der Waals surface area contributed by atoms with Crippen molar-refractivity contribution in [2.45, 2.75) is 12.8 Å². The lowest BCUT2D eigenvalue weighted by atomic mass is 10.2. The minimum Gasteiger partial charge on any atom is -0.382 e. The molecular weight excluding hydrogens is 211 g/mol. The van der Waals surface area contributed by atoms with Crippen molar-refractivity contribution in [3.05, 3.63) is 11.8 Å². The van der Waals surface area contributed by atoms with Crippen LogP contribution in [0.1, 0.15) is 12.0 Å². The summed E-state index contributed by atoms with van der Waals surface area (Å²) in [5, 5.41) is 4.02. The molecule has 0 spiro atoms. The number of halogens is 2. The Morgan fingerprint density at radius 2 is 2.08 bits per heavy atom. The van der Waals surface area contributed by atoms with E-state index in [9.17, 15) is 0 Å². The van der Waals surface area contributed by atoms with E-state index in [1.54, 1.807) is 4.68 Å². The molecule has 0 saturated carbocycles. The van der Waals surface area contributed by atoms with E-state index in [0.29, 0.717) is 12.4 Å². The van der Waals surface area contributed by atoms with Crippen molar-refractivity contribution < 1.29 is 0 Å². The van der Waals surface area contributed by atoms with Crippen molar-refractivity contribution in [3.63, 3.8) is 0 Å². The van der Waals surface area contributed by atoms with Gasteiger partial charge in [-0.05, 0) is 19.4 Å². The topological polar surface area (TPSA) is 69.9 Å². The molecule has 6 heteroatoms. The van der Waals surface area contributed by atoms with Gasteiger partial charge in [-0.15, -0.1) is 24.8 Å². The van der Waals surface area contributed by atoms with Gasteiger partial charge in [-0.2, -0.15) is 5.10 Å². The van der Waals surface area contributed by atoms with Crippen LogP contribution in [-0.2, 0) is 13.5 Å². The van der Waals surface area contributed by atoms with Gasteiger partial charge < -0.3 is 11.5 Å².